The number of likely N-dealkylation sites (N-methyl/N-ethyl adjacent to an activating group) is 1. The minimum Gasteiger partial charge on any atom is -0.352 e. The summed E-state index contributed by atoms with van der Waals surface area (Å²) >= 11 is 0. The average Bonchev–Trinajstić information content (AvgIpc) is 3.33. The SMILES string of the molecule is CCCn1cnnc1CN(C)C(=O)[C@@H]1CC[C@H](NC(=O)C2CC=CC2)CN(C)C1. The highest BCUT2D eigenvalue weighted by Gasteiger charge is 2.30. The average molecular weight is 403 g/mol. The van der Waals surface area contributed by atoms with E-state index in [-0.39, 0.29) is 29.7 Å². The zero-order valence-corrected chi connectivity index (χ0v) is 17.9. The number of nitrogens with zero attached hydrogens (tertiary/aromatic N) is 5. The van der Waals surface area contributed by atoms with Gasteiger partial charge in [0.1, 0.15) is 6.33 Å². The van der Waals surface area contributed by atoms with Gasteiger partial charge in [-0.3, -0.25) is 9.59 Å². The van der Waals surface area contributed by atoms with Crippen LogP contribution in [0.3, 0.4) is 0 Å². The number of carbonyl (C=O) groups is 2. The number of carbonyl (C=O) groups excluding carboxylic acids is 2. The number of allylic oxidation sites excluding steroid dienone is 2. The van der Waals surface area contributed by atoms with E-state index in [1.54, 1.807) is 11.2 Å². The molecule has 1 aliphatic carbocycles. The Labute approximate surface area is 173 Å². The zero-order valence-electron chi connectivity index (χ0n) is 17.9. The smallest absolute Gasteiger partial charge is 0.227 e. The third kappa shape index (κ3) is 5.65. The van der Waals surface area contributed by atoms with Gasteiger partial charge in [0.05, 0.1) is 12.5 Å². The lowest BCUT2D eigenvalue weighted by Gasteiger charge is -2.25. The Morgan fingerprint density at radius 1 is 1.21 bits per heavy atom. The molecule has 3 rings (SSSR count). The number of rotatable bonds is 7. The lowest BCUT2D eigenvalue weighted by Crippen LogP contribution is -2.43. The number of nitrogens with one attached hydrogen (secondary N) is 1. The van der Waals surface area contributed by atoms with Crippen molar-refractivity contribution < 1.29 is 9.59 Å². The molecule has 8 heteroatoms. The molecule has 1 fully saturated rings. The molecule has 1 aliphatic heterocycles. The number of amides is 2. The van der Waals surface area contributed by atoms with E-state index >= 15 is 0 Å². The molecule has 1 N–H and O–H groups in total. The van der Waals surface area contributed by atoms with Crippen molar-refractivity contribution in [1.29, 1.82) is 0 Å². The number of likely N-dealkylation sites (tertiary alicyclic amines) is 1. The number of hydrogen-bond donors (Lipinski definition) is 1. The third-order valence-corrected chi connectivity index (χ3v) is 5.92. The molecule has 160 valence electrons. The van der Waals surface area contributed by atoms with Gasteiger partial charge in [0.25, 0.3) is 0 Å². The van der Waals surface area contributed by atoms with E-state index < -0.39 is 0 Å². The van der Waals surface area contributed by atoms with E-state index in [9.17, 15) is 9.59 Å². The van der Waals surface area contributed by atoms with Gasteiger partial charge in [-0.1, -0.05) is 19.1 Å². The molecule has 0 spiro atoms. The Bertz CT molecular complexity index is 723. The van der Waals surface area contributed by atoms with Crippen LogP contribution in [0.25, 0.3) is 0 Å². The molecule has 0 bridgehead atoms. The fourth-order valence-corrected chi connectivity index (χ4v) is 4.31. The molecule has 1 aromatic heterocycles. The van der Waals surface area contributed by atoms with Gasteiger partial charge in [-0.25, -0.2) is 0 Å². The molecular formula is C21H34N6O2. The first-order valence-electron chi connectivity index (χ1n) is 10.7. The molecule has 29 heavy (non-hydrogen) atoms. The van der Waals surface area contributed by atoms with Crippen LogP contribution in [0.4, 0.5) is 0 Å². The lowest BCUT2D eigenvalue weighted by molar-refractivity contribution is -0.135. The molecule has 2 amide bonds. The maximum absolute atomic E-state index is 13.1. The minimum absolute atomic E-state index is 0.0670. The highest BCUT2D eigenvalue weighted by molar-refractivity contribution is 5.80. The maximum atomic E-state index is 13.1. The third-order valence-electron chi connectivity index (χ3n) is 5.92. The molecule has 0 aromatic carbocycles. The van der Waals surface area contributed by atoms with Crippen molar-refractivity contribution in [2.24, 2.45) is 11.8 Å². The molecule has 0 saturated carbocycles. The summed E-state index contributed by atoms with van der Waals surface area (Å²) in [6.07, 6.45) is 10.2. The van der Waals surface area contributed by atoms with Gasteiger partial charge in [-0.2, -0.15) is 0 Å². The van der Waals surface area contributed by atoms with Crippen molar-refractivity contribution in [3.63, 3.8) is 0 Å². The van der Waals surface area contributed by atoms with Crippen molar-refractivity contribution in [3.8, 4) is 0 Å². The van der Waals surface area contributed by atoms with E-state index in [2.05, 4.69) is 39.5 Å². The molecule has 2 atom stereocenters. The van der Waals surface area contributed by atoms with E-state index in [1.807, 2.05) is 18.7 Å². The van der Waals surface area contributed by atoms with Crippen molar-refractivity contribution in [3.05, 3.63) is 24.3 Å². The second-order valence-corrected chi connectivity index (χ2v) is 8.48. The Kier molecular flexibility index (Phi) is 7.41. The van der Waals surface area contributed by atoms with E-state index in [0.29, 0.717) is 13.1 Å². The van der Waals surface area contributed by atoms with E-state index in [1.165, 1.54) is 0 Å². The van der Waals surface area contributed by atoms with Crippen LogP contribution in [0.5, 0.6) is 0 Å². The molecule has 2 aliphatic rings. The molecule has 1 aromatic rings. The second-order valence-electron chi connectivity index (χ2n) is 8.48. The fourth-order valence-electron chi connectivity index (χ4n) is 4.31. The Morgan fingerprint density at radius 3 is 2.69 bits per heavy atom. The van der Waals surface area contributed by atoms with Crippen molar-refractivity contribution in [2.75, 3.05) is 27.2 Å². The minimum atomic E-state index is -0.0670. The number of hydrogen-bond acceptors (Lipinski definition) is 5. The monoisotopic (exact) mass is 402 g/mol. The van der Waals surface area contributed by atoms with Crippen LogP contribution >= 0.6 is 0 Å². The topological polar surface area (TPSA) is 83.4 Å². The van der Waals surface area contributed by atoms with Crippen LogP contribution in [0, 0.1) is 11.8 Å². The number of aromatic nitrogens is 3. The fraction of sp³-hybridized carbons (Fsp3) is 0.714. The highest BCUT2D eigenvalue weighted by atomic mass is 16.2. The standard InChI is InChI=1S/C21H34N6O2/c1-4-11-27-15-22-24-19(27)14-26(3)21(29)17-9-10-18(13-25(2)12-17)23-20(28)16-7-5-6-8-16/h5-6,15-18H,4,7-14H2,1-3H3,(H,23,28)/t17-,18+/m1/s1. The van der Waals surface area contributed by atoms with E-state index in [4.69, 9.17) is 0 Å². The molecule has 0 radical (unpaired) electrons. The molecular weight excluding hydrogens is 368 g/mol. The normalized spacial score (nSPS) is 23.1. The summed E-state index contributed by atoms with van der Waals surface area (Å²) in [5, 5.41) is 11.4. The van der Waals surface area contributed by atoms with Crippen LogP contribution in [0.2, 0.25) is 0 Å². The van der Waals surface area contributed by atoms with Gasteiger partial charge < -0.3 is 19.7 Å². The van der Waals surface area contributed by atoms with Gasteiger partial charge in [0.2, 0.25) is 11.8 Å². The first-order valence-corrected chi connectivity index (χ1v) is 10.7. The van der Waals surface area contributed by atoms with Crippen molar-refractivity contribution in [2.45, 2.75) is 58.2 Å². The van der Waals surface area contributed by atoms with Crippen LogP contribution in [0.15, 0.2) is 18.5 Å². The van der Waals surface area contributed by atoms with Crippen LogP contribution < -0.4 is 5.32 Å². The molecule has 2 heterocycles. The van der Waals surface area contributed by atoms with Gasteiger partial charge in [-0.15, -0.1) is 10.2 Å². The maximum Gasteiger partial charge on any atom is 0.227 e. The Balaban J connectivity index is 1.54. The van der Waals surface area contributed by atoms with Crippen LogP contribution in [-0.2, 0) is 22.7 Å². The summed E-state index contributed by atoms with van der Waals surface area (Å²) < 4.78 is 2.01. The summed E-state index contributed by atoms with van der Waals surface area (Å²) in [6.45, 7) is 4.92. The van der Waals surface area contributed by atoms with E-state index in [0.717, 1.165) is 51.0 Å². The summed E-state index contributed by atoms with van der Waals surface area (Å²) in [6, 6.07) is 0.101. The quantitative estimate of drug-likeness (QED) is 0.698. The molecule has 0 unspecified atom stereocenters. The first-order chi connectivity index (χ1) is 14.0. The van der Waals surface area contributed by atoms with Gasteiger partial charge >= 0.3 is 0 Å². The lowest BCUT2D eigenvalue weighted by atomic mass is 9.99. The first kappa shape index (κ1) is 21.5. The zero-order chi connectivity index (χ0) is 20.8. The highest BCUT2D eigenvalue weighted by Crippen LogP contribution is 2.21. The summed E-state index contributed by atoms with van der Waals surface area (Å²) in [4.78, 5) is 29.5. The number of aryl methyl sites for hydroxylation is 1. The molecule has 8 nitrogen and oxygen atoms in total. The van der Waals surface area contributed by atoms with Crippen LogP contribution in [-0.4, -0.2) is 69.6 Å². The summed E-state index contributed by atoms with van der Waals surface area (Å²) in [5.74, 6) is 1.11. The van der Waals surface area contributed by atoms with Crippen molar-refractivity contribution in [1.82, 2.24) is 29.9 Å². The van der Waals surface area contributed by atoms with Gasteiger partial charge in [0, 0.05) is 38.6 Å². The summed E-state index contributed by atoms with van der Waals surface area (Å²) in [5.41, 5.74) is 0. The van der Waals surface area contributed by atoms with Gasteiger partial charge in [0.15, 0.2) is 5.82 Å². The summed E-state index contributed by atoms with van der Waals surface area (Å²) in [7, 11) is 3.87. The van der Waals surface area contributed by atoms with Crippen LogP contribution in [0.1, 0.15) is 44.9 Å². The predicted octanol–water partition coefficient (Wildman–Crippen LogP) is 1.44. The van der Waals surface area contributed by atoms with Crippen molar-refractivity contribution >= 4 is 11.8 Å². The predicted molar refractivity (Wildman–Crippen MR) is 111 cm³/mol. The van der Waals surface area contributed by atoms with Gasteiger partial charge in [-0.05, 0) is 39.2 Å². The second kappa shape index (κ2) is 10.0. The largest absolute Gasteiger partial charge is 0.352 e. The molecule has 1 saturated heterocycles. The Hall–Kier alpha value is -2.22. The Morgan fingerprint density at radius 2 is 1.97 bits per heavy atom.